The van der Waals surface area contributed by atoms with Crippen LogP contribution in [-0.2, 0) is 16.0 Å². The molecule has 0 radical (unpaired) electrons. The van der Waals surface area contributed by atoms with Crippen LogP contribution in [0.4, 0.5) is 5.69 Å². The highest BCUT2D eigenvalue weighted by molar-refractivity contribution is 9.11. The second-order valence-corrected chi connectivity index (χ2v) is 7.99. The van der Waals surface area contributed by atoms with Crippen LogP contribution in [0.25, 0.3) is 0 Å². The number of carbonyl (C=O) groups is 2. The standard InChI is InChI=1S/C17H18BrNO3S/c1-10(17(21)22)9-12-3-5-13(6-4-12)19-16(20)11(2)14-7-8-15(18)23-14/h3-8,10-11H,9H2,1-2H3,(H,19,20)(H,21,22). The third-order valence-corrected chi connectivity index (χ3v) is 5.41. The molecule has 2 rings (SSSR count). The summed E-state index contributed by atoms with van der Waals surface area (Å²) in [5.74, 6) is -1.52. The summed E-state index contributed by atoms with van der Waals surface area (Å²) < 4.78 is 1.00. The molecule has 1 aromatic carbocycles. The van der Waals surface area contributed by atoms with Crippen LogP contribution in [0.2, 0.25) is 0 Å². The predicted octanol–water partition coefficient (Wildman–Crippen LogP) is 4.52. The summed E-state index contributed by atoms with van der Waals surface area (Å²) in [6.07, 6.45) is 0.475. The Balaban J connectivity index is 1.97. The van der Waals surface area contributed by atoms with Gasteiger partial charge in [0.2, 0.25) is 5.91 Å². The second kappa shape index (κ2) is 7.75. The van der Waals surface area contributed by atoms with Crippen LogP contribution in [0, 0.1) is 5.92 Å². The van der Waals surface area contributed by atoms with E-state index in [1.807, 2.05) is 31.2 Å². The number of halogens is 1. The molecule has 1 heterocycles. The van der Waals surface area contributed by atoms with E-state index in [1.165, 1.54) is 0 Å². The Labute approximate surface area is 147 Å². The number of anilines is 1. The van der Waals surface area contributed by atoms with E-state index in [4.69, 9.17) is 5.11 Å². The first kappa shape index (κ1) is 17.7. The van der Waals surface area contributed by atoms with E-state index in [0.717, 1.165) is 14.2 Å². The summed E-state index contributed by atoms with van der Waals surface area (Å²) in [5, 5.41) is 11.8. The van der Waals surface area contributed by atoms with E-state index in [2.05, 4.69) is 21.2 Å². The number of benzene rings is 1. The maximum absolute atomic E-state index is 12.3. The van der Waals surface area contributed by atoms with E-state index in [9.17, 15) is 9.59 Å². The normalized spacial score (nSPS) is 13.3. The molecular weight excluding hydrogens is 378 g/mol. The van der Waals surface area contributed by atoms with Crippen LogP contribution in [-0.4, -0.2) is 17.0 Å². The molecule has 0 bridgehead atoms. The Kier molecular flexibility index (Phi) is 5.96. The van der Waals surface area contributed by atoms with Crippen molar-refractivity contribution in [1.29, 1.82) is 0 Å². The van der Waals surface area contributed by atoms with Gasteiger partial charge in [-0.1, -0.05) is 19.1 Å². The van der Waals surface area contributed by atoms with Crippen LogP contribution in [0.1, 0.15) is 30.2 Å². The molecule has 122 valence electrons. The number of hydrogen-bond acceptors (Lipinski definition) is 3. The molecule has 0 saturated heterocycles. The molecule has 0 fully saturated rings. The lowest BCUT2D eigenvalue weighted by Gasteiger charge is -2.12. The summed E-state index contributed by atoms with van der Waals surface area (Å²) in [7, 11) is 0. The first-order valence-electron chi connectivity index (χ1n) is 7.24. The number of nitrogens with one attached hydrogen (secondary N) is 1. The molecule has 2 aromatic rings. The van der Waals surface area contributed by atoms with E-state index in [1.54, 1.807) is 30.4 Å². The molecule has 0 saturated carbocycles. The third kappa shape index (κ3) is 4.91. The molecule has 1 amide bonds. The Morgan fingerprint density at radius 1 is 1.17 bits per heavy atom. The lowest BCUT2D eigenvalue weighted by atomic mass is 10.0. The lowest BCUT2D eigenvalue weighted by molar-refractivity contribution is -0.141. The fourth-order valence-corrected chi connectivity index (χ4v) is 3.58. The van der Waals surface area contributed by atoms with Crippen LogP contribution >= 0.6 is 27.3 Å². The van der Waals surface area contributed by atoms with Crippen molar-refractivity contribution >= 4 is 44.8 Å². The van der Waals surface area contributed by atoms with Crippen LogP contribution in [0.5, 0.6) is 0 Å². The molecule has 2 N–H and O–H groups in total. The van der Waals surface area contributed by atoms with Gasteiger partial charge < -0.3 is 10.4 Å². The van der Waals surface area contributed by atoms with Crippen molar-refractivity contribution in [2.75, 3.05) is 5.32 Å². The zero-order valence-electron chi connectivity index (χ0n) is 12.9. The number of carbonyl (C=O) groups excluding carboxylic acids is 1. The number of rotatable bonds is 6. The highest BCUT2D eigenvalue weighted by Crippen LogP contribution is 2.29. The monoisotopic (exact) mass is 395 g/mol. The van der Waals surface area contributed by atoms with Gasteiger partial charge >= 0.3 is 5.97 Å². The lowest BCUT2D eigenvalue weighted by Crippen LogP contribution is -2.18. The van der Waals surface area contributed by atoms with Crippen molar-refractivity contribution in [3.8, 4) is 0 Å². The molecule has 1 aromatic heterocycles. The summed E-state index contributed by atoms with van der Waals surface area (Å²) in [6, 6.07) is 11.2. The van der Waals surface area contributed by atoms with Crippen molar-refractivity contribution in [3.63, 3.8) is 0 Å². The zero-order chi connectivity index (χ0) is 17.0. The first-order chi connectivity index (χ1) is 10.9. The van der Waals surface area contributed by atoms with Crippen LogP contribution < -0.4 is 5.32 Å². The van der Waals surface area contributed by atoms with E-state index < -0.39 is 11.9 Å². The maximum atomic E-state index is 12.3. The molecule has 4 nitrogen and oxygen atoms in total. The van der Waals surface area contributed by atoms with Gasteiger partial charge in [0.05, 0.1) is 15.6 Å². The minimum absolute atomic E-state index is 0.0639. The smallest absolute Gasteiger partial charge is 0.306 e. The van der Waals surface area contributed by atoms with Gasteiger partial charge in [-0.15, -0.1) is 11.3 Å². The topological polar surface area (TPSA) is 66.4 Å². The molecule has 0 aliphatic heterocycles. The van der Waals surface area contributed by atoms with Crippen molar-refractivity contribution < 1.29 is 14.7 Å². The Morgan fingerprint density at radius 2 is 1.83 bits per heavy atom. The van der Waals surface area contributed by atoms with E-state index in [0.29, 0.717) is 12.1 Å². The van der Waals surface area contributed by atoms with Gasteiger partial charge in [-0.2, -0.15) is 0 Å². The average Bonchev–Trinajstić information content (AvgIpc) is 2.94. The van der Waals surface area contributed by atoms with Crippen molar-refractivity contribution in [1.82, 2.24) is 0 Å². The summed E-state index contributed by atoms with van der Waals surface area (Å²) >= 11 is 4.95. The summed E-state index contributed by atoms with van der Waals surface area (Å²) in [5.41, 5.74) is 1.65. The molecular formula is C17H18BrNO3S. The number of thiophene rings is 1. The zero-order valence-corrected chi connectivity index (χ0v) is 15.3. The van der Waals surface area contributed by atoms with Crippen LogP contribution in [0.15, 0.2) is 40.2 Å². The Hall–Kier alpha value is -1.66. The molecule has 0 spiro atoms. The van der Waals surface area contributed by atoms with Gasteiger partial charge in [-0.05, 0) is 59.1 Å². The third-order valence-electron chi connectivity index (χ3n) is 3.60. The summed E-state index contributed by atoms with van der Waals surface area (Å²) in [6.45, 7) is 3.55. The molecule has 0 aliphatic carbocycles. The minimum atomic E-state index is -0.807. The van der Waals surface area contributed by atoms with Gasteiger partial charge in [0.25, 0.3) is 0 Å². The molecule has 0 aliphatic rings. The van der Waals surface area contributed by atoms with Gasteiger partial charge in [-0.25, -0.2) is 0 Å². The van der Waals surface area contributed by atoms with Crippen molar-refractivity contribution in [3.05, 3.63) is 50.6 Å². The Morgan fingerprint density at radius 3 is 2.35 bits per heavy atom. The van der Waals surface area contributed by atoms with E-state index >= 15 is 0 Å². The largest absolute Gasteiger partial charge is 0.481 e. The van der Waals surface area contributed by atoms with Gasteiger partial charge in [0, 0.05) is 10.6 Å². The molecule has 23 heavy (non-hydrogen) atoms. The first-order valence-corrected chi connectivity index (χ1v) is 8.85. The fourth-order valence-electron chi connectivity index (χ4n) is 2.11. The second-order valence-electron chi connectivity index (χ2n) is 5.49. The number of hydrogen-bond donors (Lipinski definition) is 2. The number of amides is 1. The highest BCUT2D eigenvalue weighted by Gasteiger charge is 2.17. The van der Waals surface area contributed by atoms with E-state index in [-0.39, 0.29) is 11.8 Å². The van der Waals surface area contributed by atoms with Gasteiger partial charge in [0.15, 0.2) is 0 Å². The fraction of sp³-hybridized carbons (Fsp3) is 0.294. The summed E-state index contributed by atoms with van der Waals surface area (Å²) in [4.78, 5) is 24.1. The van der Waals surface area contributed by atoms with Gasteiger partial charge in [0.1, 0.15) is 0 Å². The average molecular weight is 396 g/mol. The highest BCUT2D eigenvalue weighted by atomic mass is 79.9. The minimum Gasteiger partial charge on any atom is -0.481 e. The molecule has 2 unspecified atom stereocenters. The Bertz CT molecular complexity index is 696. The van der Waals surface area contributed by atoms with Gasteiger partial charge in [-0.3, -0.25) is 9.59 Å². The molecule has 6 heteroatoms. The molecule has 2 atom stereocenters. The number of carboxylic acid groups (broad SMARTS) is 1. The number of carboxylic acids is 1. The quantitative estimate of drug-likeness (QED) is 0.755. The van der Waals surface area contributed by atoms with Crippen molar-refractivity contribution in [2.24, 2.45) is 5.92 Å². The SMILES string of the molecule is CC(Cc1ccc(NC(=O)C(C)c2ccc(Br)s2)cc1)C(=O)O. The van der Waals surface area contributed by atoms with Crippen LogP contribution in [0.3, 0.4) is 0 Å². The number of aliphatic carboxylic acids is 1. The van der Waals surface area contributed by atoms with Crippen molar-refractivity contribution in [2.45, 2.75) is 26.2 Å². The maximum Gasteiger partial charge on any atom is 0.306 e. The predicted molar refractivity (Wildman–Crippen MR) is 96.0 cm³/mol.